The fraction of sp³-hybridized carbons (Fsp3) is 0.257. The van der Waals surface area contributed by atoms with Gasteiger partial charge in [0.1, 0.15) is 0 Å². The topological polar surface area (TPSA) is 80.6 Å². The summed E-state index contributed by atoms with van der Waals surface area (Å²) in [6.45, 7) is 3.82. The number of aromatic nitrogens is 1. The van der Waals surface area contributed by atoms with Crippen LogP contribution in [-0.2, 0) is 28.0 Å². The van der Waals surface area contributed by atoms with E-state index in [0.29, 0.717) is 38.2 Å². The first-order valence-corrected chi connectivity index (χ1v) is 14.2. The first kappa shape index (κ1) is 26.8. The highest BCUT2D eigenvalue weighted by molar-refractivity contribution is 5.97. The summed E-state index contributed by atoms with van der Waals surface area (Å²) in [7, 11) is 0. The second-order valence-corrected chi connectivity index (χ2v) is 11.1. The number of hydrogen-bond acceptors (Lipinski definition) is 3. The van der Waals surface area contributed by atoms with Crippen molar-refractivity contribution in [3.63, 3.8) is 0 Å². The van der Waals surface area contributed by atoms with Gasteiger partial charge in [0.05, 0.1) is 5.54 Å². The number of para-hydroxylation sites is 1. The summed E-state index contributed by atoms with van der Waals surface area (Å²) in [5.74, 6) is -1.07. The van der Waals surface area contributed by atoms with Gasteiger partial charge in [-0.2, -0.15) is 0 Å². The molecule has 0 unspecified atom stereocenters. The third kappa shape index (κ3) is 5.48. The molecular formula is C35H34N2O4. The van der Waals surface area contributed by atoms with E-state index < -0.39 is 11.5 Å². The lowest BCUT2D eigenvalue weighted by molar-refractivity contribution is -0.136. The third-order valence-electron chi connectivity index (χ3n) is 8.37. The quantitative estimate of drug-likeness (QED) is 0.230. The van der Waals surface area contributed by atoms with E-state index in [0.717, 1.165) is 33.0 Å². The Bertz CT molecular complexity index is 1750. The van der Waals surface area contributed by atoms with Gasteiger partial charge < -0.3 is 19.7 Å². The molecule has 41 heavy (non-hydrogen) atoms. The summed E-state index contributed by atoms with van der Waals surface area (Å²) < 4.78 is 7.91. The van der Waals surface area contributed by atoms with Gasteiger partial charge in [-0.05, 0) is 77.4 Å². The van der Waals surface area contributed by atoms with Gasteiger partial charge in [0, 0.05) is 48.8 Å². The first-order valence-electron chi connectivity index (χ1n) is 14.2. The summed E-state index contributed by atoms with van der Waals surface area (Å²) in [6, 6.07) is 28.8. The van der Waals surface area contributed by atoms with E-state index in [2.05, 4.69) is 65.5 Å². The van der Waals surface area contributed by atoms with Crippen molar-refractivity contribution in [2.45, 2.75) is 44.7 Å². The molecule has 1 saturated heterocycles. The fourth-order valence-electron chi connectivity index (χ4n) is 6.13. The number of amides is 1. The number of carboxylic acid groups (broad SMARTS) is 1. The number of carbonyl (C=O) groups excluding carboxylic acids is 1. The number of benzene rings is 4. The molecule has 0 spiro atoms. The normalized spacial score (nSPS) is 14.8. The molecule has 6 nitrogen and oxygen atoms in total. The van der Waals surface area contributed by atoms with Crippen LogP contribution in [0, 0.1) is 6.92 Å². The molecular weight excluding hydrogens is 512 g/mol. The zero-order chi connectivity index (χ0) is 28.4. The van der Waals surface area contributed by atoms with Crippen LogP contribution in [0.15, 0.2) is 91.1 Å². The summed E-state index contributed by atoms with van der Waals surface area (Å²) in [5, 5.41) is 16.3. The molecule has 1 aliphatic rings. The first-order chi connectivity index (χ1) is 19.9. The largest absolute Gasteiger partial charge is 0.481 e. The Hall–Kier alpha value is -4.42. The molecule has 5 aromatic rings. The van der Waals surface area contributed by atoms with Crippen molar-refractivity contribution >= 4 is 33.6 Å². The van der Waals surface area contributed by atoms with Gasteiger partial charge in [-0.1, -0.05) is 66.7 Å². The maximum atomic E-state index is 14.1. The number of hydrogen-bond donors (Lipinski definition) is 2. The van der Waals surface area contributed by atoms with Crippen molar-refractivity contribution in [3.8, 4) is 0 Å². The summed E-state index contributed by atoms with van der Waals surface area (Å²) in [6.07, 6.45) is 3.71. The van der Waals surface area contributed by atoms with E-state index in [1.165, 1.54) is 10.9 Å². The number of fused-ring (bicyclic) bond motifs is 2. The maximum Gasteiger partial charge on any atom is 0.303 e. The van der Waals surface area contributed by atoms with Crippen LogP contribution in [-0.4, -0.2) is 34.8 Å². The summed E-state index contributed by atoms with van der Waals surface area (Å²) in [4.78, 5) is 25.6. The van der Waals surface area contributed by atoms with Crippen molar-refractivity contribution in [1.82, 2.24) is 9.88 Å². The molecule has 1 aliphatic heterocycles. The molecule has 208 valence electrons. The van der Waals surface area contributed by atoms with Gasteiger partial charge in [-0.15, -0.1) is 0 Å². The highest BCUT2D eigenvalue weighted by Crippen LogP contribution is 2.35. The molecule has 6 rings (SSSR count). The van der Waals surface area contributed by atoms with Crippen molar-refractivity contribution in [1.29, 1.82) is 0 Å². The van der Waals surface area contributed by atoms with Crippen LogP contribution >= 0.6 is 0 Å². The van der Waals surface area contributed by atoms with Gasteiger partial charge >= 0.3 is 5.97 Å². The van der Waals surface area contributed by atoms with Crippen molar-refractivity contribution in [2.75, 3.05) is 13.2 Å². The number of nitrogens with one attached hydrogen (secondary N) is 1. The Morgan fingerprint density at radius 2 is 1.68 bits per heavy atom. The van der Waals surface area contributed by atoms with Crippen LogP contribution in [0.5, 0.6) is 0 Å². The molecule has 2 heterocycles. The Labute approximate surface area is 239 Å². The highest BCUT2D eigenvalue weighted by Gasteiger charge is 2.37. The van der Waals surface area contributed by atoms with Gasteiger partial charge in [-0.3, -0.25) is 9.59 Å². The van der Waals surface area contributed by atoms with E-state index in [4.69, 9.17) is 4.74 Å². The number of nitrogens with zero attached hydrogens (tertiary/aromatic N) is 1. The van der Waals surface area contributed by atoms with Gasteiger partial charge in [0.15, 0.2) is 0 Å². The third-order valence-corrected chi connectivity index (χ3v) is 8.37. The minimum absolute atomic E-state index is 0.0370. The van der Waals surface area contributed by atoms with Crippen LogP contribution in [0.2, 0.25) is 0 Å². The van der Waals surface area contributed by atoms with E-state index in [9.17, 15) is 14.7 Å². The van der Waals surface area contributed by atoms with E-state index in [1.807, 2.05) is 42.5 Å². The number of aryl methyl sites for hydroxylation is 2. The number of aliphatic carboxylic acids is 1. The van der Waals surface area contributed by atoms with Crippen molar-refractivity contribution in [2.24, 2.45) is 0 Å². The Morgan fingerprint density at radius 1 is 0.927 bits per heavy atom. The molecule has 0 bridgehead atoms. The predicted molar refractivity (Wildman–Crippen MR) is 161 cm³/mol. The number of ether oxygens (including phenoxy) is 1. The molecule has 1 fully saturated rings. The lowest BCUT2D eigenvalue weighted by Crippen LogP contribution is -2.49. The smallest absolute Gasteiger partial charge is 0.303 e. The van der Waals surface area contributed by atoms with Crippen molar-refractivity contribution in [3.05, 3.63) is 119 Å². The van der Waals surface area contributed by atoms with E-state index in [-0.39, 0.29) is 18.7 Å². The Balaban J connectivity index is 1.36. The lowest BCUT2D eigenvalue weighted by Gasteiger charge is -2.39. The van der Waals surface area contributed by atoms with Gasteiger partial charge in [0.2, 0.25) is 0 Å². The monoisotopic (exact) mass is 546 g/mol. The second kappa shape index (κ2) is 11.2. The SMILES string of the molecule is Cc1cn(Cc2ccc(CCC(=O)O)c(C(=O)NC3(c4ccc5ccccc5c4)CCOCC3)c2)c2ccccc12. The zero-order valence-corrected chi connectivity index (χ0v) is 23.2. The zero-order valence-electron chi connectivity index (χ0n) is 23.2. The second-order valence-electron chi connectivity index (χ2n) is 11.1. The number of carbonyl (C=O) groups is 2. The van der Waals surface area contributed by atoms with Crippen LogP contribution < -0.4 is 5.32 Å². The molecule has 1 aromatic heterocycles. The van der Waals surface area contributed by atoms with Crippen LogP contribution in [0.4, 0.5) is 0 Å². The molecule has 2 N–H and O–H groups in total. The minimum Gasteiger partial charge on any atom is -0.481 e. The molecule has 1 amide bonds. The van der Waals surface area contributed by atoms with E-state index >= 15 is 0 Å². The number of carboxylic acids is 1. The standard InChI is InChI=1S/C35H34N2O4/c1-24-22-37(32-9-5-4-8-30(24)32)23-25-10-11-27(13-15-33(38)39)31(20-25)34(40)36-35(16-18-41-19-17-35)29-14-12-26-6-2-3-7-28(26)21-29/h2-12,14,20-22H,13,15-19,23H2,1H3,(H,36,40)(H,38,39). The molecule has 0 aliphatic carbocycles. The Kier molecular flexibility index (Phi) is 7.33. The summed E-state index contributed by atoms with van der Waals surface area (Å²) in [5.41, 5.74) is 5.09. The Morgan fingerprint density at radius 3 is 2.49 bits per heavy atom. The molecule has 0 radical (unpaired) electrons. The minimum atomic E-state index is -0.883. The fourth-order valence-corrected chi connectivity index (χ4v) is 6.13. The molecule has 0 atom stereocenters. The highest BCUT2D eigenvalue weighted by atomic mass is 16.5. The molecule has 6 heteroatoms. The van der Waals surface area contributed by atoms with Crippen LogP contribution in [0.3, 0.4) is 0 Å². The average molecular weight is 547 g/mol. The average Bonchev–Trinajstić information content (AvgIpc) is 3.31. The van der Waals surface area contributed by atoms with Crippen molar-refractivity contribution < 1.29 is 19.4 Å². The van der Waals surface area contributed by atoms with E-state index in [1.54, 1.807) is 0 Å². The predicted octanol–water partition coefficient (Wildman–Crippen LogP) is 6.60. The van der Waals surface area contributed by atoms with Crippen LogP contribution in [0.25, 0.3) is 21.7 Å². The maximum absolute atomic E-state index is 14.1. The van der Waals surface area contributed by atoms with Gasteiger partial charge in [0.25, 0.3) is 5.91 Å². The van der Waals surface area contributed by atoms with Gasteiger partial charge in [-0.25, -0.2) is 0 Å². The lowest BCUT2D eigenvalue weighted by atomic mass is 9.81. The molecule has 4 aromatic carbocycles. The molecule has 0 saturated carbocycles. The number of rotatable bonds is 8. The summed E-state index contributed by atoms with van der Waals surface area (Å²) >= 11 is 0. The van der Waals surface area contributed by atoms with Crippen LogP contribution in [0.1, 0.15) is 51.9 Å².